The van der Waals surface area contributed by atoms with Crippen molar-refractivity contribution in [2.75, 3.05) is 43.1 Å². The fraction of sp³-hybridized carbons (Fsp3) is 0.417. The van der Waals surface area contributed by atoms with Crippen LogP contribution in [-0.4, -0.2) is 83.4 Å². The van der Waals surface area contributed by atoms with E-state index >= 15 is 0 Å². The Hall–Kier alpha value is -4.50. The van der Waals surface area contributed by atoms with Crippen molar-refractivity contribution in [1.29, 1.82) is 0 Å². The predicted molar refractivity (Wildman–Crippen MR) is 197 cm³/mol. The van der Waals surface area contributed by atoms with Crippen molar-refractivity contribution < 1.29 is 9.84 Å². The van der Waals surface area contributed by atoms with Crippen LogP contribution in [0.1, 0.15) is 37.6 Å². The Kier molecular flexibility index (Phi) is 8.83. The first-order chi connectivity index (χ1) is 23.6. The maximum atomic E-state index is 13.8. The second-order valence-electron chi connectivity index (χ2n) is 14.4. The van der Waals surface area contributed by atoms with Crippen molar-refractivity contribution in [2.24, 2.45) is 12.5 Å². The third-order valence-corrected chi connectivity index (χ3v) is 10.3. The summed E-state index contributed by atoms with van der Waals surface area (Å²) in [6.07, 6.45) is 10.3. The lowest BCUT2D eigenvalue weighted by Crippen LogP contribution is -2.59. The summed E-state index contributed by atoms with van der Waals surface area (Å²) in [5.74, 6) is 0.822. The molecule has 0 saturated carbocycles. The summed E-state index contributed by atoms with van der Waals surface area (Å²) in [5.41, 5.74) is 5.32. The van der Waals surface area contributed by atoms with Crippen molar-refractivity contribution in [3.05, 3.63) is 92.9 Å². The van der Waals surface area contributed by atoms with Gasteiger partial charge in [-0.05, 0) is 55.0 Å². The predicted octanol–water partition coefficient (Wildman–Crippen LogP) is 3.02. The topological polar surface area (TPSA) is 135 Å². The standard InChI is InChI=1S/C36H41N9O4.H2S/c1-22-16-42(26-19-49-20-26)7-8-43(22)25-5-6-31(37-15-25)40-28-11-24(17-41(4)34(28)47)32-27(18-46)33(39-21-38-32)45-10-9-44-29(35(45)48)12-23-13-36(2,3)14-30(23)44;/h5-6,9-12,15,17,21-22,26,46H,7-8,13-14,16,18-20H2,1-4H3,(H,37,40);1H2/t22-;/m0./s1. The summed E-state index contributed by atoms with van der Waals surface area (Å²) < 4.78 is 10.3. The number of hydrogen-bond donors (Lipinski definition) is 2. The van der Waals surface area contributed by atoms with Gasteiger partial charge < -0.3 is 29.0 Å². The Morgan fingerprint density at radius 1 is 1.04 bits per heavy atom. The minimum absolute atomic E-state index is 0. The monoisotopic (exact) mass is 697 g/mol. The van der Waals surface area contributed by atoms with Gasteiger partial charge in [0.05, 0.1) is 43.4 Å². The first-order valence-electron chi connectivity index (χ1n) is 16.8. The van der Waals surface area contributed by atoms with Gasteiger partial charge in [-0.25, -0.2) is 15.0 Å². The van der Waals surface area contributed by atoms with Crippen molar-refractivity contribution in [3.63, 3.8) is 0 Å². The quantitative estimate of drug-likeness (QED) is 0.262. The first kappa shape index (κ1) is 34.0. The van der Waals surface area contributed by atoms with E-state index in [-0.39, 0.29) is 30.0 Å². The minimum Gasteiger partial charge on any atom is -0.391 e. The third-order valence-electron chi connectivity index (χ3n) is 10.3. The van der Waals surface area contributed by atoms with E-state index in [9.17, 15) is 14.7 Å². The van der Waals surface area contributed by atoms with Crippen molar-refractivity contribution in [2.45, 2.75) is 52.3 Å². The zero-order chi connectivity index (χ0) is 34.0. The van der Waals surface area contributed by atoms with E-state index in [1.165, 1.54) is 21.0 Å². The minimum atomic E-state index is -0.412. The van der Waals surface area contributed by atoms with E-state index in [2.05, 4.69) is 50.8 Å². The Balaban J connectivity index is 0.00000392. The highest BCUT2D eigenvalue weighted by Gasteiger charge is 2.33. The van der Waals surface area contributed by atoms with Crippen LogP contribution in [0.2, 0.25) is 0 Å². The number of aryl methyl sites for hydroxylation is 1. The normalized spacial score (nSPS) is 18.9. The van der Waals surface area contributed by atoms with Crippen LogP contribution in [0, 0.1) is 5.41 Å². The molecule has 0 amide bonds. The fourth-order valence-electron chi connectivity index (χ4n) is 7.67. The zero-order valence-corrected chi connectivity index (χ0v) is 29.8. The van der Waals surface area contributed by atoms with Crippen LogP contribution in [0.25, 0.3) is 22.6 Å². The third kappa shape index (κ3) is 5.89. The zero-order valence-electron chi connectivity index (χ0n) is 28.8. The van der Waals surface area contributed by atoms with Gasteiger partial charge >= 0.3 is 0 Å². The van der Waals surface area contributed by atoms with Crippen LogP contribution in [-0.2, 0) is 31.2 Å². The maximum absolute atomic E-state index is 13.8. The molecule has 1 aliphatic carbocycles. The average molecular weight is 698 g/mol. The molecule has 50 heavy (non-hydrogen) atoms. The number of anilines is 3. The van der Waals surface area contributed by atoms with E-state index in [1.807, 2.05) is 35.0 Å². The van der Waals surface area contributed by atoms with Gasteiger partial charge in [-0.3, -0.25) is 19.1 Å². The number of nitrogens with one attached hydrogen (secondary N) is 1. The molecule has 14 heteroatoms. The smallest absolute Gasteiger partial charge is 0.280 e. The van der Waals surface area contributed by atoms with Crippen LogP contribution in [0.3, 0.4) is 0 Å². The summed E-state index contributed by atoms with van der Waals surface area (Å²) >= 11 is 0. The molecule has 0 bridgehead atoms. The van der Waals surface area contributed by atoms with Gasteiger partial charge in [-0.15, -0.1) is 0 Å². The molecule has 0 aromatic carbocycles. The van der Waals surface area contributed by atoms with Crippen LogP contribution in [0.5, 0.6) is 0 Å². The van der Waals surface area contributed by atoms with Crippen molar-refractivity contribution in [3.8, 4) is 17.1 Å². The summed E-state index contributed by atoms with van der Waals surface area (Å²) in [7, 11) is 1.66. The molecule has 0 spiro atoms. The summed E-state index contributed by atoms with van der Waals surface area (Å²) in [6, 6.07) is 8.44. The second-order valence-corrected chi connectivity index (χ2v) is 14.4. The number of nitrogens with zero attached hydrogens (tertiary/aromatic N) is 8. The molecule has 1 atom stereocenters. The average Bonchev–Trinajstić information content (AvgIpc) is 3.55. The van der Waals surface area contributed by atoms with Crippen LogP contribution in [0.4, 0.5) is 17.2 Å². The van der Waals surface area contributed by atoms with Gasteiger partial charge in [0.25, 0.3) is 11.1 Å². The molecule has 2 N–H and O–H groups in total. The van der Waals surface area contributed by atoms with Crippen LogP contribution in [0.15, 0.2) is 65.0 Å². The molecule has 0 radical (unpaired) electrons. The van der Waals surface area contributed by atoms with Crippen molar-refractivity contribution in [1.82, 2.24) is 33.4 Å². The lowest BCUT2D eigenvalue weighted by molar-refractivity contribution is -0.0691. The van der Waals surface area contributed by atoms with Gasteiger partial charge in [0, 0.05) is 68.1 Å². The van der Waals surface area contributed by atoms with Crippen molar-refractivity contribution >= 4 is 36.2 Å². The van der Waals surface area contributed by atoms with Gasteiger partial charge in [-0.1, -0.05) is 13.8 Å². The molecule has 262 valence electrons. The number of ether oxygens (including phenoxy) is 1. The molecule has 2 fully saturated rings. The fourth-order valence-corrected chi connectivity index (χ4v) is 7.67. The largest absolute Gasteiger partial charge is 0.391 e. The van der Waals surface area contributed by atoms with E-state index in [0.717, 1.165) is 57.1 Å². The number of piperazine rings is 1. The number of fused-ring (bicyclic) bond motifs is 3. The molecule has 13 nitrogen and oxygen atoms in total. The second kappa shape index (κ2) is 13.0. The molecule has 0 unspecified atom stereocenters. The summed E-state index contributed by atoms with van der Waals surface area (Å²) in [5, 5.41) is 13.8. The first-order valence-corrected chi connectivity index (χ1v) is 16.8. The molecule has 2 saturated heterocycles. The van der Waals surface area contributed by atoms with E-state index < -0.39 is 6.61 Å². The number of hydrogen-bond acceptors (Lipinski definition) is 10. The SMILES string of the molecule is C[C@H]1CN(C2COC2)CCN1c1ccc(Nc2cc(-c3ncnc(-n4ccn5c6c(cc5c4=O)CC(C)(C)C6)c3CO)cn(C)c2=O)nc1.S. The lowest BCUT2D eigenvalue weighted by atomic mass is 9.90. The number of rotatable bonds is 7. The lowest BCUT2D eigenvalue weighted by Gasteiger charge is -2.46. The molecular weight excluding hydrogens is 655 g/mol. The van der Waals surface area contributed by atoms with Gasteiger partial charge in [0.15, 0.2) is 0 Å². The van der Waals surface area contributed by atoms with E-state index in [0.29, 0.717) is 51.7 Å². The molecule has 8 rings (SSSR count). The number of aliphatic hydroxyl groups is 1. The van der Waals surface area contributed by atoms with Crippen LogP contribution >= 0.6 is 13.5 Å². The summed E-state index contributed by atoms with van der Waals surface area (Å²) in [6.45, 7) is 10.8. The highest BCUT2D eigenvalue weighted by Crippen LogP contribution is 2.37. The van der Waals surface area contributed by atoms with Crippen LogP contribution < -0.4 is 21.3 Å². The number of aliphatic hydroxyl groups excluding tert-OH is 1. The Labute approximate surface area is 296 Å². The number of pyridine rings is 2. The van der Waals surface area contributed by atoms with Gasteiger partial charge in [0.1, 0.15) is 29.2 Å². The van der Waals surface area contributed by atoms with E-state index in [4.69, 9.17) is 4.74 Å². The number of aromatic nitrogens is 6. The van der Waals surface area contributed by atoms with E-state index in [1.54, 1.807) is 25.5 Å². The van der Waals surface area contributed by atoms with Gasteiger partial charge in [0.2, 0.25) is 0 Å². The Morgan fingerprint density at radius 2 is 1.86 bits per heavy atom. The molecule has 7 heterocycles. The maximum Gasteiger partial charge on any atom is 0.280 e. The van der Waals surface area contributed by atoms with Gasteiger partial charge in [-0.2, -0.15) is 13.5 Å². The molecular formula is C36H43N9O4S. The molecule has 3 aliphatic rings. The Morgan fingerprint density at radius 3 is 2.56 bits per heavy atom. The molecule has 5 aromatic rings. The Bertz CT molecular complexity index is 2190. The highest BCUT2D eigenvalue weighted by atomic mass is 32.1. The molecule has 5 aromatic heterocycles. The summed E-state index contributed by atoms with van der Waals surface area (Å²) in [4.78, 5) is 45.5. The molecule has 2 aliphatic heterocycles. The highest BCUT2D eigenvalue weighted by molar-refractivity contribution is 7.59.